The molecule has 1 amide bonds. The van der Waals surface area contributed by atoms with Crippen LogP contribution in [-0.2, 0) is 4.79 Å². The first-order valence-corrected chi connectivity index (χ1v) is 10.4. The molecule has 0 unspecified atom stereocenters. The lowest BCUT2D eigenvalue weighted by atomic mass is 9.96. The molecule has 0 radical (unpaired) electrons. The third-order valence-corrected chi connectivity index (χ3v) is 5.89. The highest BCUT2D eigenvalue weighted by Crippen LogP contribution is 2.29. The Labute approximate surface area is 163 Å². The molecule has 0 atom stereocenters. The summed E-state index contributed by atoms with van der Waals surface area (Å²) in [6.45, 7) is 6.04. The van der Waals surface area contributed by atoms with E-state index in [1.165, 1.54) is 25.9 Å². The van der Waals surface area contributed by atoms with Gasteiger partial charge >= 0.3 is 0 Å². The number of likely N-dealkylation sites (tertiary alicyclic amines) is 1. The Hall–Kier alpha value is -0.850. The van der Waals surface area contributed by atoms with Crippen molar-refractivity contribution < 1.29 is 4.79 Å². The van der Waals surface area contributed by atoms with Crippen molar-refractivity contribution in [3.8, 4) is 0 Å². The van der Waals surface area contributed by atoms with E-state index in [1.54, 1.807) is 6.20 Å². The van der Waals surface area contributed by atoms with Gasteiger partial charge in [-0.2, -0.15) is 0 Å². The Balaban J connectivity index is 1.38. The smallest absolute Gasteiger partial charge is 0.223 e. The van der Waals surface area contributed by atoms with E-state index in [0.29, 0.717) is 5.02 Å². The molecule has 1 N–H and O–H groups in total. The van der Waals surface area contributed by atoms with Gasteiger partial charge in [-0.25, -0.2) is 4.98 Å². The molecule has 0 aliphatic carbocycles. The van der Waals surface area contributed by atoms with Gasteiger partial charge in [0, 0.05) is 31.7 Å². The second-order valence-corrected chi connectivity index (χ2v) is 8.20. The number of aromatic nitrogens is 1. The fourth-order valence-corrected chi connectivity index (χ4v) is 4.55. The van der Waals surface area contributed by atoms with Gasteiger partial charge in [0.1, 0.15) is 5.82 Å². The lowest BCUT2D eigenvalue weighted by molar-refractivity contribution is -0.125. The van der Waals surface area contributed by atoms with Crippen LogP contribution in [0.4, 0.5) is 5.82 Å². The Morgan fingerprint density at radius 1 is 1.28 bits per heavy atom. The molecule has 2 fully saturated rings. The van der Waals surface area contributed by atoms with Gasteiger partial charge in [-0.1, -0.05) is 11.6 Å². The quantitative estimate of drug-likeness (QED) is 0.705. The fraction of sp³-hybridized carbons (Fsp3) is 0.667. The van der Waals surface area contributed by atoms with Gasteiger partial charge in [0.2, 0.25) is 5.91 Å². The lowest BCUT2D eigenvalue weighted by Gasteiger charge is -2.32. The maximum atomic E-state index is 12.4. The van der Waals surface area contributed by atoms with Crippen LogP contribution < -0.4 is 10.2 Å². The molecule has 1 aromatic rings. The Kier molecular flexibility index (Phi) is 6.96. The summed E-state index contributed by atoms with van der Waals surface area (Å²) in [6.07, 6.45) is 7.10. The van der Waals surface area contributed by atoms with E-state index < -0.39 is 0 Å². The average Bonchev–Trinajstić information content (AvgIpc) is 3.12. The molecule has 0 saturated carbocycles. The minimum absolute atomic E-state index is 0.120. The Morgan fingerprint density at radius 2 is 2.00 bits per heavy atom. The van der Waals surface area contributed by atoms with Crippen molar-refractivity contribution in [1.29, 1.82) is 0 Å². The topological polar surface area (TPSA) is 48.5 Å². The second kappa shape index (κ2) is 9.19. The third kappa shape index (κ3) is 5.31. The predicted molar refractivity (Wildman–Crippen MR) is 105 cm³/mol. The van der Waals surface area contributed by atoms with Crippen LogP contribution in [0.3, 0.4) is 0 Å². The number of hydrogen-bond donors (Lipinski definition) is 1. The molecule has 2 saturated heterocycles. The van der Waals surface area contributed by atoms with Crippen LogP contribution in [0.2, 0.25) is 5.02 Å². The van der Waals surface area contributed by atoms with Crippen molar-refractivity contribution in [3.63, 3.8) is 0 Å². The van der Waals surface area contributed by atoms with Crippen LogP contribution in [0.1, 0.15) is 32.1 Å². The summed E-state index contributed by atoms with van der Waals surface area (Å²) in [7, 11) is 0. The van der Waals surface area contributed by atoms with Crippen LogP contribution >= 0.6 is 27.5 Å². The van der Waals surface area contributed by atoms with E-state index in [9.17, 15) is 4.79 Å². The van der Waals surface area contributed by atoms with Gasteiger partial charge < -0.3 is 15.1 Å². The maximum Gasteiger partial charge on any atom is 0.223 e. The number of amides is 1. The zero-order valence-corrected chi connectivity index (χ0v) is 16.9. The van der Waals surface area contributed by atoms with Crippen LogP contribution in [0.25, 0.3) is 0 Å². The number of rotatable bonds is 6. The molecule has 1 aromatic heterocycles. The number of carbonyl (C=O) groups is 1. The number of nitrogens with zero attached hydrogens (tertiary/aromatic N) is 3. The Bertz CT molecular complexity index is 586. The molecule has 0 aromatic carbocycles. The highest BCUT2D eigenvalue weighted by Gasteiger charge is 2.26. The first kappa shape index (κ1) is 18.9. The molecule has 25 heavy (non-hydrogen) atoms. The first-order chi connectivity index (χ1) is 12.1. The SMILES string of the molecule is O=C(NCCCN1CCCC1)C1CCN(c2ncc(Cl)cc2Br)CC1. The number of carbonyl (C=O) groups excluding carboxylic acids is 1. The molecule has 3 rings (SSSR count). The van der Waals surface area contributed by atoms with Crippen molar-refractivity contribution in [3.05, 3.63) is 21.8 Å². The minimum atomic E-state index is 0.120. The summed E-state index contributed by atoms with van der Waals surface area (Å²) < 4.78 is 0.907. The molecule has 5 nitrogen and oxygen atoms in total. The maximum absolute atomic E-state index is 12.4. The van der Waals surface area contributed by atoms with Gasteiger partial charge in [-0.15, -0.1) is 0 Å². The van der Waals surface area contributed by atoms with Crippen molar-refractivity contribution in [1.82, 2.24) is 15.2 Å². The predicted octanol–water partition coefficient (Wildman–Crippen LogP) is 3.32. The van der Waals surface area contributed by atoms with Crippen molar-refractivity contribution in [2.75, 3.05) is 44.2 Å². The minimum Gasteiger partial charge on any atom is -0.356 e. The summed E-state index contributed by atoms with van der Waals surface area (Å²) >= 11 is 9.48. The number of pyridine rings is 1. The highest BCUT2D eigenvalue weighted by molar-refractivity contribution is 9.10. The van der Waals surface area contributed by atoms with Gasteiger partial charge in [0.25, 0.3) is 0 Å². The van der Waals surface area contributed by atoms with Gasteiger partial charge in [0.15, 0.2) is 0 Å². The molecule has 0 bridgehead atoms. The number of hydrogen-bond acceptors (Lipinski definition) is 4. The van der Waals surface area contributed by atoms with Crippen LogP contribution in [0.15, 0.2) is 16.7 Å². The monoisotopic (exact) mass is 428 g/mol. The molecule has 2 aliphatic heterocycles. The highest BCUT2D eigenvalue weighted by atomic mass is 79.9. The third-order valence-electron chi connectivity index (χ3n) is 5.10. The normalized spacial score (nSPS) is 19.4. The zero-order chi connectivity index (χ0) is 17.6. The van der Waals surface area contributed by atoms with Gasteiger partial charge in [-0.05, 0) is 73.7 Å². The summed E-state index contributed by atoms with van der Waals surface area (Å²) in [4.78, 5) is 21.5. The summed E-state index contributed by atoms with van der Waals surface area (Å²) in [5.74, 6) is 1.24. The number of nitrogens with one attached hydrogen (secondary N) is 1. The zero-order valence-electron chi connectivity index (χ0n) is 14.5. The van der Waals surface area contributed by atoms with E-state index in [-0.39, 0.29) is 11.8 Å². The largest absolute Gasteiger partial charge is 0.356 e. The molecule has 7 heteroatoms. The second-order valence-electron chi connectivity index (χ2n) is 6.91. The summed E-state index contributed by atoms with van der Waals surface area (Å²) in [6, 6.07) is 1.86. The fourth-order valence-electron chi connectivity index (χ4n) is 3.66. The van der Waals surface area contributed by atoms with Crippen molar-refractivity contribution in [2.24, 2.45) is 5.92 Å². The van der Waals surface area contributed by atoms with E-state index in [1.807, 2.05) is 6.07 Å². The Morgan fingerprint density at radius 3 is 2.68 bits per heavy atom. The first-order valence-electron chi connectivity index (χ1n) is 9.19. The molecular formula is C18H26BrClN4O. The van der Waals surface area contributed by atoms with Crippen LogP contribution in [0, 0.1) is 5.92 Å². The van der Waals surface area contributed by atoms with Gasteiger partial charge in [0.05, 0.1) is 9.50 Å². The lowest BCUT2D eigenvalue weighted by Crippen LogP contribution is -2.41. The van der Waals surface area contributed by atoms with Crippen molar-refractivity contribution >= 4 is 39.3 Å². The number of piperidine rings is 1. The number of halogens is 2. The molecule has 138 valence electrons. The molecule has 2 aliphatic rings. The van der Waals surface area contributed by atoms with E-state index in [0.717, 1.165) is 55.7 Å². The molecule has 0 spiro atoms. The standard InChI is InChI=1S/C18H26BrClN4O/c19-16-12-15(20)13-22-17(16)24-10-4-14(5-11-24)18(25)21-6-3-9-23-7-1-2-8-23/h12-14H,1-11H2,(H,21,25). The van der Waals surface area contributed by atoms with Crippen LogP contribution in [-0.4, -0.2) is 55.1 Å². The van der Waals surface area contributed by atoms with E-state index >= 15 is 0 Å². The van der Waals surface area contributed by atoms with E-state index in [4.69, 9.17) is 11.6 Å². The summed E-state index contributed by atoms with van der Waals surface area (Å²) in [5.41, 5.74) is 0. The van der Waals surface area contributed by atoms with Gasteiger partial charge in [-0.3, -0.25) is 4.79 Å². The molecule has 3 heterocycles. The van der Waals surface area contributed by atoms with Crippen LogP contribution in [0.5, 0.6) is 0 Å². The summed E-state index contributed by atoms with van der Waals surface area (Å²) in [5, 5.41) is 3.75. The average molecular weight is 430 g/mol. The van der Waals surface area contributed by atoms with E-state index in [2.05, 4.69) is 36.0 Å². The number of anilines is 1. The van der Waals surface area contributed by atoms with Crippen molar-refractivity contribution in [2.45, 2.75) is 32.1 Å². The molecular weight excluding hydrogens is 404 g/mol.